The molecule has 1 aromatic carbocycles. The molecule has 8 nitrogen and oxygen atoms in total. The molecule has 1 aliphatic heterocycles. The summed E-state index contributed by atoms with van der Waals surface area (Å²) in [5.41, 5.74) is 2.90. The molecule has 1 aliphatic carbocycles. The van der Waals surface area contributed by atoms with Crippen molar-refractivity contribution < 1.29 is 17.9 Å². The molecule has 0 bridgehead atoms. The molecule has 1 N–H and O–H groups in total. The number of rotatable bonds is 4. The third-order valence-corrected chi connectivity index (χ3v) is 6.94. The van der Waals surface area contributed by atoms with Gasteiger partial charge in [0.2, 0.25) is 15.8 Å². The standard InChI is InChI=1S/C23H24N4O4S/c1-15-4-3-5-16(12-15)20-21(17-6-7-19-24-14-25-27(19)13-17)31-23(22(20)28)10-8-18(9-11-23)26-32(2,29)30/h3-7,12-14,18,26H,8-11H2,1-2H3. The summed E-state index contributed by atoms with van der Waals surface area (Å²) < 4.78 is 34.1. The summed E-state index contributed by atoms with van der Waals surface area (Å²) in [6.45, 7) is 1.99. The first kappa shape index (κ1) is 20.8. The number of sulfonamides is 1. The van der Waals surface area contributed by atoms with E-state index in [4.69, 9.17) is 4.74 Å². The molecular weight excluding hydrogens is 428 g/mol. The molecule has 9 heteroatoms. The number of ketones is 1. The minimum absolute atomic E-state index is 0.0467. The van der Waals surface area contributed by atoms with E-state index in [9.17, 15) is 13.2 Å². The lowest BCUT2D eigenvalue weighted by Gasteiger charge is -2.36. The maximum atomic E-state index is 13.8. The zero-order chi connectivity index (χ0) is 22.5. The second-order valence-corrected chi connectivity index (χ2v) is 10.4. The molecule has 3 aromatic rings. The van der Waals surface area contributed by atoms with Gasteiger partial charge in [0.15, 0.2) is 11.2 Å². The van der Waals surface area contributed by atoms with Crippen LogP contribution in [0.3, 0.4) is 0 Å². The Balaban J connectivity index is 1.55. The summed E-state index contributed by atoms with van der Waals surface area (Å²) in [6, 6.07) is 11.4. The average Bonchev–Trinajstić information content (AvgIpc) is 3.31. The highest BCUT2D eigenvalue weighted by Gasteiger charge is 2.51. The smallest absolute Gasteiger partial charge is 0.210 e. The molecule has 3 heterocycles. The van der Waals surface area contributed by atoms with E-state index >= 15 is 0 Å². The fourth-order valence-corrected chi connectivity index (χ4v) is 5.52. The predicted molar refractivity (Wildman–Crippen MR) is 120 cm³/mol. The van der Waals surface area contributed by atoms with Gasteiger partial charge in [-0.1, -0.05) is 29.8 Å². The number of Topliss-reactive ketones (excluding diaryl/α,β-unsaturated/α-hetero) is 1. The third-order valence-electron chi connectivity index (χ3n) is 6.18. The normalized spacial score (nSPS) is 23.8. The van der Waals surface area contributed by atoms with Gasteiger partial charge in [0, 0.05) is 17.8 Å². The Hall–Kier alpha value is -3.04. The minimum atomic E-state index is -3.30. The largest absolute Gasteiger partial charge is 0.478 e. The number of benzene rings is 1. The fourth-order valence-electron chi connectivity index (χ4n) is 4.67. The number of nitrogens with zero attached hydrogens (tertiary/aromatic N) is 3. The van der Waals surface area contributed by atoms with Crippen molar-refractivity contribution in [2.75, 3.05) is 6.26 Å². The van der Waals surface area contributed by atoms with Gasteiger partial charge in [0.1, 0.15) is 12.1 Å². The summed E-state index contributed by atoms with van der Waals surface area (Å²) in [6.07, 6.45) is 6.42. The fraction of sp³-hybridized carbons (Fsp3) is 0.348. The second-order valence-electron chi connectivity index (χ2n) is 8.64. The quantitative estimate of drug-likeness (QED) is 0.653. The number of aryl methyl sites for hydroxylation is 1. The topological polar surface area (TPSA) is 103 Å². The first-order valence-corrected chi connectivity index (χ1v) is 12.5. The number of ether oxygens (including phenoxy) is 1. The van der Waals surface area contributed by atoms with Gasteiger partial charge in [0.05, 0.1) is 11.8 Å². The van der Waals surface area contributed by atoms with E-state index in [1.807, 2.05) is 49.5 Å². The molecule has 0 amide bonds. The van der Waals surface area contributed by atoms with Crippen LogP contribution in [0.15, 0.2) is 48.9 Å². The number of carbonyl (C=O) groups excluding carboxylic acids is 1. The zero-order valence-electron chi connectivity index (χ0n) is 17.9. The average molecular weight is 453 g/mol. The van der Waals surface area contributed by atoms with E-state index < -0.39 is 15.6 Å². The number of nitrogens with one attached hydrogen (secondary N) is 1. The van der Waals surface area contributed by atoms with Crippen LogP contribution in [0.1, 0.15) is 42.4 Å². The minimum Gasteiger partial charge on any atom is -0.478 e. The van der Waals surface area contributed by atoms with Crippen molar-refractivity contribution in [2.24, 2.45) is 0 Å². The van der Waals surface area contributed by atoms with Crippen LogP contribution in [0.4, 0.5) is 0 Å². The molecule has 2 aromatic heterocycles. The van der Waals surface area contributed by atoms with Crippen LogP contribution in [0.25, 0.3) is 17.0 Å². The molecule has 1 saturated carbocycles. The summed E-state index contributed by atoms with van der Waals surface area (Å²) >= 11 is 0. The van der Waals surface area contributed by atoms with E-state index in [-0.39, 0.29) is 11.8 Å². The molecule has 0 atom stereocenters. The number of pyridine rings is 1. The summed E-state index contributed by atoms with van der Waals surface area (Å²) in [4.78, 5) is 18.0. The van der Waals surface area contributed by atoms with Gasteiger partial charge in [0.25, 0.3) is 0 Å². The van der Waals surface area contributed by atoms with Gasteiger partial charge < -0.3 is 4.74 Å². The van der Waals surface area contributed by atoms with Crippen molar-refractivity contribution in [3.63, 3.8) is 0 Å². The number of hydrogen-bond acceptors (Lipinski definition) is 6. The highest BCUT2D eigenvalue weighted by molar-refractivity contribution is 7.88. The number of carbonyl (C=O) groups is 1. The van der Waals surface area contributed by atoms with Crippen LogP contribution in [-0.2, 0) is 19.6 Å². The van der Waals surface area contributed by atoms with Gasteiger partial charge in [-0.15, -0.1) is 0 Å². The predicted octanol–water partition coefficient (Wildman–Crippen LogP) is 2.74. The summed E-state index contributed by atoms with van der Waals surface area (Å²) in [5.74, 6) is 0.488. The first-order valence-electron chi connectivity index (χ1n) is 10.6. The van der Waals surface area contributed by atoms with Gasteiger partial charge in [-0.05, 0) is 50.3 Å². The Morgan fingerprint density at radius 1 is 1.16 bits per heavy atom. The number of aromatic nitrogens is 3. The Bertz CT molecular complexity index is 1350. The van der Waals surface area contributed by atoms with Gasteiger partial charge >= 0.3 is 0 Å². The molecule has 2 aliphatic rings. The molecule has 32 heavy (non-hydrogen) atoms. The lowest BCUT2D eigenvalue weighted by molar-refractivity contribution is -0.131. The van der Waals surface area contributed by atoms with Crippen LogP contribution in [0.5, 0.6) is 0 Å². The Kier molecular flexibility index (Phi) is 4.90. The lowest BCUT2D eigenvalue weighted by atomic mass is 9.77. The summed E-state index contributed by atoms with van der Waals surface area (Å²) in [7, 11) is -3.30. The van der Waals surface area contributed by atoms with Crippen molar-refractivity contribution in [3.05, 3.63) is 65.6 Å². The molecule has 1 fully saturated rings. The van der Waals surface area contributed by atoms with E-state index in [0.717, 1.165) is 22.9 Å². The molecular formula is C23H24N4O4S. The molecule has 0 unspecified atom stereocenters. The van der Waals surface area contributed by atoms with Crippen molar-refractivity contribution in [1.29, 1.82) is 0 Å². The molecule has 0 saturated heterocycles. The monoisotopic (exact) mass is 452 g/mol. The Labute approximate surface area is 186 Å². The van der Waals surface area contributed by atoms with Gasteiger partial charge in [-0.3, -0.25) is 4.79 Å². The van der Waals surface area contributed by atoms with E-state index in [1.165, 1.54) is 6.33 Å². The number of fused-ring (bicyclic) bond motifs is 1. The van der Waals surface area contributed by atoms with Crippen molar-refractivity contribution >= 4 is 32.8 Å². The zero-order valence-corrected chi connectivity index (χ0v) is 18.7. The van der Waals surface area contributed by atoms with Gasteiger partial charge in [-0.25, -0.2) is 22.6 Å². The molecule has 0 radical (unpaired) electrons. The lowest BCUT2D eigenvalue weighted by Crippen LogP contribution is -2.46. The van der Waals surface area contributed by atoms with Crippen LogP contribution in [0.2, 0.25) is 0 Å². The molecule has 5 rings (SSSR count). The van der Waals surface area contributed by atoms with E-state index in [1.54, 1.807) is 4.52 Å². The molecule has 166 valence electrons. The van der Waals surface area contributed by atoms with Crippen LogP contribution < -0.4 is 4.72 Å². The molecule has 1 spiro atoms. The second kappa shape index (κ2) is 7.53. The highest BCUT2D eigenvalue weighted by Crippen LogP contribution is 2.48. The maximum absolute atomic E-state index is 13.8. The van der Waals surface area contributed by atoms with Crippen molar-refractivity contribution in [3.8, 4) is 0 Å². The SMILES string of the molecule is Cc1cccc(C2=C(c3ccc4ncnn4c3)OC3(CCC(NS(C)(=O)=O)CC3)C2=O)c1. The van der Waals surface area contributed by atoms with Crippen LogP contribution in [-0.4, -0.2) is 46.7 Å². The van der Waals surface area contributed by atoms with E-state index in [2.05, 4.69) is 14.8 Å². The summed E-state index contributed by atoms with van der Waals surface area (Å²) in [5, 5.41) is 4.21. The van der Waals surface area contributed by atoms with E-state index in [0.29, 0.717) is 42.7 Å². The van der Waals surface area contributed by atoms with Gasteiger partial charge in [-0.2, -0.15) is 5.10 Å². The maximum Gasteiger partial charge on any atom is 0.210 e. The Morgan fingerprint density at radius 2 is 1.94 bits per heavy atom. The number of hydrogen-bond donors (Lipinski definition) is 1. The first-order chi connectivity index (χ1) is 15.2. The van der Waals surface area contributed by atoms with Crippen molar-refractivity contribution in [1.82, 2.24) is 19.3 Å². The highest BCUT2D eigenvalue weighted by atomic mass is 32.2. The van der Waals surface area contributed by atoms with Crippen LogP contribution >= 0.6 is 0 Å². The third kappa shape index (κ3) is 3.71. The van der Waals surface area contributed by atoms with Crippen molar-refractivity contribution in [2.45, 2.75) is 44.2 Å². The van der Waals surface area contributed by atoms with Crippen LogP contribution in [0, 0.1) is 6.92 Å². The Morgan fingerprint density at radius 3 is 2.66 bits per heavy atom.